The lowest BCUT2D eigenvalue weighted by Crippen LogP contribution is -2.29. The van der Waals surface area contributed by atoms with Gasteiger partial charge < -0.3 is 10.4 Å². The molecule has 4 atom stereocenters. The number of rotatable bonds is 4. The number of carboxylic acid groups (broad SMARTS) is 1. The van der Waals surface area contributed by atoms with Crippen LogP contribution >= 0.6 is 0 Å². The molecule has 3 aliphatic rings. The van der Waals surface area contributed by atoms with Crippen LogP contribution in [0.1, 0.15) is 64.4 Å². The van der Waals surface area contributed by atoms with Crippen molar-refractivity contribution in [1.29, 1.82) is 0 Å². The van der Waals surface area contributed by atoms with Crippen molar-refractivity contribution >= 4 is 11.7 Å². The normalized spacial score (nSPS) is 40.2. The van der Waals surface area contributed by atoms with Crippen LogP contribution in [0.5, 0.6) is 0 Å². The number of hydrogen-bond donors (Lipinski definition) is 2. The van der Waals surface area contributed by atoms with E-state index in [9.17, 15) is 9.90 Å². The summed E-state index contributed by atoms with van der Waals surface area (Å²) >= 11 is 0. The molecule has 4 rings (SSSR count). The second-order valence-electron chi connectivity index (χ2n) is 9.27. The Bertz CT molecular complexity index is 624. The fourth-order valence-electron chi connectivity index (χ4n) is 6.10. The third-order valence-corrected chi connectivity index (χ3v) is 7.27. The topological polar surface area (TPSA) is 49.3 Å². The number of anilines is 1. The Balaban J connectivity index is 1.43. The van der Waals surface area contributed by atoms with Crippen molar-refractivity contribution in [3.63, 3.8) is 0 Å². The summed E-state index contributed by atoms with van der Waals surface area (Å²) in [5.41, 5.74) is 2.85. The van der Waals surface area contributed by atoms with E-state index in [2.05, 4.69) is 43.4 Å². The molecule has 1 aromatic rings. The van der Waals surface area contributed by atoms with Crippen LogP contribution in [0.15, 0.2) is 24.3 Å². The van der Waals surface area contributed by atoms with Crippen LogP contribution < -0.4 is 5.32 Å². The van der Waals surface area contributed by atoms with Gasteiger partial charge in [0.1, 0.15) is 0 Å². The highest BCUT2D eigenvalue weighted by atomic mass is 16.4. The summed E-state index contributed by atoms with van der Waals surface area (Å²) in [7, 11) is 0. The molecule has 3 nitrogen and oxygen atoms in total. The summed E-state index contributed by atoms with van der Waals surface area (Å²) in [6, 6.07) is 8.95. The van der Waals surface area contributed by atoms with E-state index in [-0.39, 0.29) is 12.0 Å². The van der Waals surface area contributed by atoms with Gasteiger partial charge in [-0.2, -0.15) is 0 Å². The third kappa shape index (κ3) is 3.18. The number of aliphatic carboxylic acids is 1. The molecule has 3 heteroatoms. The Morgan fingerprint density at radius 3 is 2.36 bits per heavy atom. The smallest absolute Gasteiger partial charge is 0.308 e. The van der Waals surface area contributed by atoms with E-state index < -0.39 is 5.97 Å². The molecule has 3 saturated carbocycles. The summed E-state index contributed by atoms with van der Waals surface area (Å²) in [6.45, 7) is 4.85. The summed E-state index contributed by atoms with van der Waals surface area (Å²) in [5.74, 6) is 1.86. The first-order valence-electron chi connectivity index (χ1n) is 10.0. The van der Waals surface area contributed by atoms with Gasteiger partial charge in [0, 0.05) is 11.7 Å². The fourth-order valence-corrected chi connectivity index (χ4v) is 6.10. The molecular formula is C22H31NO2. The molecule has 0 radical (unpaired) electrons. The summed E-state index contributed by atoms with van der Waals surface area (Å²) < 4.78 is 0. The quantitative estimate of drug-likeness (QED) is 0.804. The number of carbonyl (C=O) groups is 1. The average molecular weight is 341 g/mol. The molecule has 3 fully saturated rings. The lowest BCUT2D eigenvalue weighted by molar-refractivity contribution is -0.141. The van der Waals surface area contributed by atoms with Crippen LogP contribution in [-0.4, -0.2) is 17.1 Å². The highest BCUT2D eigenvalue weighted by Gasteiger charge is 2.46. The number of fused-ring (bicyclic) bond motifs is 1. The molecule has 0 bridgehead atoms. The van der Waals surface area contributed by atoms with E-state index in [1.807, 2.05) is 0 Å². The van der Waals surface area contributed by atoms with Crippen molar-refractivity contribution in [1.82, 2.24) is 0 Å². The molecule has 0 aliphatic heterocycles. The second-order valence-corrected chi connectivity index (χ2v) is 9.27. The van der Waals surface area contributed by atoms with Crippen molar-refractivity contribution in [2.75, 3.05) is 5.32 Å². The van der Waals surface area contributed by atoms with E-state index in [1.165, 1.54) is 31.2 Å². The van der Waals surface area contributed by atoms with Gasteiger partial charge in [-0.25, -0.2) is 0 Å². The first kappa shape index (κ1) is 16.9. The molecular weight excluding hydrogens is 310 g/mol. The standard InChI is InChI=1S/C22H31NO2/c1-14-10-15-12-22(2,13-16(15)11-14)17-6-8-18(9-7-17)23-20-5-3-4-19(20)21(24)25/h6-9,14-16,19-20,23H,3-5,10-13H2,1-2H3,(H,24,25). The van der Waals surface area contributed by atoms with Crippen LogP contribution in [0, 0.1) is 23.7 Å². The highest BCUT2D eigenvalue weighted by molar-refractivity contribution is 5.72. The van der Waals surface area contributed by atoms with Crippen molar-refractivity contribution in [3.8, 4) is 0 Å². The van der Waals surface area contributed by atoms with Crippen LogP contribution in [0.3, 0.4) is 0 Å². The Morgan fingerprint density at radius 1 is 1.12 bits per heavy atom. The Morgan fingerprint density at radius 2 is 1.76 bits per heavy atom. The molecule has 2 N–H and O–H groups in total. The Labute approximate surface area is 151 Å². The zero-order valence-electron chi connectivity index (χ0n) is 15.5. The van der Waals surface area contributed by atoms with Gasteiger partial charge in [-0.3, -0.25) is 4.79 Å². The molecule has 4 unspecified atom stereocenters. The maximum Gasteiger partial charge on any atom is 0.308 e. The van der Waals surface area contributed by atoms with Crippen LogP contribution in [0.4, 0.5) is 5.69 Å². The van der Waals surface area contributed by atoms with Gasteiger partial charge in [0.05, 0.1) is 5.92 Å². The zero-order valence-corrected chi connectivity index (χ0v) is 15.5. The number of nitrogens with one attached hydrogen (secondary N) is 1. The van der Waals surface area contributed by atoms with Gasteiger partial charge in [-0.15, -0.1) is 0 Å². The average Bonchev–Trinajstić information content (AvgIpc) is 3.21. The van der Waals surface area contributed by atoms with Gasteiger partial charge in [0.2, 0.25) is 0 Å². The molecule has 1 aromatic carbocycles. The van der Waals surface area contributed by atoms with E-state index in [0.29, 0.717) is 5.41 Å². The minimum Gasteiger partial charge on any atom is -0.481 e. The SMILES string of the molecule is CC1CC2CC(C)(c3ccc(NC4CCCC4C(=O)O)cc3)CC2C1. The molecule has 3 aliphatic carbocycles. The van der Waals surface area contributed by atoms with E-state index in [4.69, 9.17) is 0 Å². The molecule has 0 amide bonds. The Hall–Kier alpha value is -1.51. The zero-order chi connectivity index (χ0) is 17.6. The van der Waals surface area contributed by atoms with Crippen LogP contribution in [0.25, 0.3) is 0 Å². The van der Waals surface area contributed by atoms with Crippen molar-refractivity contribution in [2.45, 2.75) is 70.3 Å². The summed E-state index contributed by atoms with van der Waals surface area (Å²) in [4.78, 5) is 11.4. The summed E-state index contributed by atoms with van der Waals surface area (Å²) in [5, 5.41) is 12.8. The van der Waals surface area contributed by atoms with E-state index in [0.717, 1.165) is 42.7 Å². The Kier molecular flexibility index (Phi) is 4.29. The first-order chi connectivity index (χ1) is 11.9. The minimum atomic E-state index is -0.661. The fraction of sp³-hybridized carbons (Fsp3) is 0.682. The lowest BCUT2D eigenvalue weighted by Gasteiger charge is -2.27. The van der Waals surface area contributed by atoms with Gasteiger partial charge in [0.15, 0.2) is 0 Å². The molecule has 25 heavy (non-hydrogen) atoms. The number of hydrogen-bond acceptors (Lipinski definition) is 2. The van der Waals surface area contributed by atoms with Crippen molar-refractivity contribution in [3.05, 3.63) is 29.8 Å². The minimum absolute atomic E-state index is 0.0752. The van der Waals surface area contributed by atoms with Crippen LogP contribution in [-0.2, 0) is 10.2 Å². The second kappa shape index (κ2) is 6.34. The molecule has 0 aromatic heterocycles. The van der Waals surface area contributed by atoms with Crippen molar-refractivity contribution < 1.29 is 9.90 Å². The molecule has 0 saturated heterocycles. The van der Waals surface area contributed by atoms with Crippen LogP contribution in [0.2, 0.25) is 0 Å². The highest BCUT2D eigenvalue weighted by Crippen LogP contribution is 2.55. The van der Waals surface area contributed by atoms with E-state index in [1.54, 1.807) is 0 Å². The maximum absolute atomic E-state index is 11.4. The summed E-state index contributed by atoms with van der Waals surface area (Å²) in [6.07, 6.45) is 8.25. The largest absolute Gasteiger partial charge is 0.481 e. The molecule has 136 valence electrons. The number of carboxylic acids is 1. The van der Waals surface area contributed by atoms with Gasteiger partial charge in [0.25, 0.3) is 0 Å². The predicted molar refractivity (Wildman–Crippen MR) is 101 cm³/mol. The van der Waals surface area contributed by atoms with Gasteiger partial charge in [-0.05, 0) is 79.4 Å². The van der Waals surface area contributed by atoms with E-state index >= 15 is 0 Å². The monoisotopic (exact) mass is 341 g/mol. The third-order valence-electron chi connectivity index (χ3n) is 7.27. The first-order valence-corrected chi connectivity index (χ1v) is 10.0. The van der Waals surface area contributed by atoms with Crippen molar-refractivity contribution in [2.24, 2.45) is 23.7 Å². The van der Waals surface area contributed by atoms with Gasteiger partial charge >= 0.3 is 5.97 Å². The predicted octanol–water partition coefficient (Wildman–Crippen LogP) is 5.07. The van der Waals surface area contributed by atoms with Gasteiger partial charge in [-0.1, -0.05) is 32.4 Å². The molecule has 0 heterocycles. The molecule has 0 spiro atoms. The maximum atomic E-state index is 11.4. The number of benzene rings is 1. The lowest BCUT2D eigenvalue weighted by atomic mass is 9.78.